The van der Waals surface area contributed by atoms with E-state index in [1.165, 1.54) is 0 Å². The molecule has 174 valence electrons. The lowest BCUT2D eigenvalue weighted by Crippen LogP contribution is -2.16. The Balaban J connectivity index is 1.48. The summed E-state index contributed by atoms with van der Waals surface area (Å²) in [6, 6.07) is 21.6. The smallest absolute Gasteiger partial charge is 0.230 e. The van der Waals surface area contributed by atoms with E-state index >= 15 is 0 Å². The van der Waals surface area contributed by atoms with Gasteiger partial charge in [0.25, 0.3) is 0 Å². The molecule has 2 aromatic carbocycles. The molecular formula is C27H18ClN7O. The lowest BCUT2D eigenvalue weighted by molar-refractivity contribution is 0.402. The Morgan fingerprint density at radius 2 is 1.75 bits per heavy atom. The number of hydrogen-bond donors (Lipinski definition) is 0. The number of hydrogen-bond acceptors (Lipinski definition) is 6. The van der Waals surface area contributed by atoms with Crippen LogP contribution >= 0.6 is 11.6 Å². The van der Waals surface area contributed by atoms with Crippen molar-refractivity contribution in [3.05, 3.63) is 113 Å². The van der Waals surface area contributed by atoms with Crippen LogP contribution in [0.2, 0.25) is 5.02 Å². The van der Waals surface area contributed by atoms with Crippen molar-refractivity contribution in [1.82, 2.24) is 34.3 Å². The minimum Gasteiger partial charge on any atom is -0.420 e. The lowest BCUT2D eigenvalue weighted by atomic mass is 9.84. The molecule has 0 fully saturated rings. The maximum absolute atomic E-state index is 6.45. The molecule has 1 aliphatic rings. The van der Waals surface area contributed by atoms with Crippen molar-refractivity contribution in [1.29, 1.82) is 0 Å². The molecule has 0 unspecified atom stereocenters. The van der Waals surface area contributed by atoms with E-state index in [-0.39, 0.29) is 5.92 Å². The number of benzene rings is 2. The summed E-state index contributed by atoms with van der Waals surface area (Å²) in [7, 11) is 0. The molecule has 8 nitrogen and oxygen atoms in total. The first-order chi connectivity index (χ1) is 17.7. The number of ether oxygens (including phenoxy) is 1. The highest BCUT2D eigenvalue weighted by molar-refractivity contribution is 6.30. The number of fused-ring (bicyclic) bond motifs is 4. The number of halogens is 1. The summed E-state index contributed by atoms with van der Waals surface area (Å²) in [6.07, 6.45) is 5.10. The van der Waals surface area contributed by atoms with E-state index in [0.717, 1.165) is 33.6 Å². The fraction of sp³-hybridized carbons (Fsp3) is 0.0741. The maximum Gasteiger partial charge on any atom is 0.230 e. The van der Waals surface area contributed by atoms with E-state index in [1.807, 2.05) is 61.5 Å². The molecule has 0 spiro atoms. The summed E-state index contributed by atoms with van der Waals surface area (Å²) >= 11 is 6.13. The number of nitrogens with zero attached hydrogens (tertiary/aromatic N) is 7. The molecule has 4 aromatic heterocycles. The average molecular weight is 492 g/mol. The van der Waals surface area contributed by atoms with Crippen LogP contribution in [0.15, 0.2) is 85.5 Å². The van der Waals surface area contributed by atoms with E-state index in [4.69, 9.17) is 26.4 Å². The van der Waals surface area contributed by atoms with Crippen molar-refractivity contribution in [2.45, 2.75) is 12.8 Å². The summed E-state index contributed by atoms with van der Waals surface area (Å²) < 4.78 is 9.95. The predicted octanol–water partition coefficient (Wildman–Crippen LogP) is 5.62. The molecule has 9 heteroatoms. The van der Waals surface area contributed by atoms with Crippen LogP contribution in [-0.4, -0.2) is 34.3 Å². The van der Waals surface area contributed by atoms with Crippen LogP contribution in [0.25, 0.3) is 22.7 Å². The second kappa shape index (κ2) is 8.00. The second-order valence-corrected chi connectivity index (χ2v) is 8.98. The van der Waals surface area contributed by atoms with Crippen molar-refractivity contribution in [2.24, 2.45) is 0 Å². The maximum atomic E-state index is 6.45. The van der Waals surface area contributed by atoms with Gasteiger partial charge < -0.3 is 4.74 Å². The molecule has 0 aliphatic carbocycles. The van der Waals surface area contributed by atoms with Crippen LogP contribution in [0.4, 0.5) is 0 Å². The predicted molar refractivity (Wildman–Crippen MR) is 135 cm³/mol. The standard InChI is InChI=1S/C27H18ClN7O/c1-16-21-22(17-6-3-2-4-7-17)23-25-31-24(18-8-5-13-29-14-18)33-34(25)15-30-26(23)36-27(21)35(32-16)20-11-9-19(28)10-12-20/h2-15,22H,1H3/t22-/m1/s1. The fourth-order valence-corrected chi connectivity index (χ4v) is 4.86. The molecular weight excluding hydrogens is 474 g/mol. The number of aryl methyl sites for hydroxylation is 1. The van der Waals surface area contributed by atoms with Gasteiger partial charge in [-0.3, -0.25) is 4.98 Å². The van der Waals surface area contributed by atoms with Crippen molar-refractivity contribution in [3.8, 4) is 28.8 Å². The minimum atomic E-state index is -0.201. The summed E-state index contributed by atoms with van der Waals surface area (Å²) in [5.41, 5.74) is 6.10. The van der Waals surface area contributed by atoms with Gasteiger partial charge >= 0.3 is 0 Å². The van der Waals surface area contributed by atoms with Gasteiger partial charge in [-0.05, 0) is 48.9 Å². The Labute approximate surface area is 210 Å². The van der Waals surface area contributed by atoms with Crippen molar-refractivity contribution in [2.75, 3.05) is 0 Å². The Bertz CT molecular complexity index is 1730. The Hall–Kier alpha value is -4.56. The highest BCUT2D eigenvalue weighted by Gasteiger charge is 2.38. The summed E-state index contributed by atoms with van der Waals surface area (Å²) in [4.78, 5) is 13.8. The van der Waals surface area contributed by atoms with Crippen molar-refractivity contribution >= 4 is 17.2 Å². The first-order valence-corrected chi connectivity index (χ1v) is 11.8. The summed E-state index contributed by atoms with van der Waals surface area (Å²) in [5, 5.41) is 10.2. The second-order valence-electron chi connectivity index (χ2n) is 8.55. The third-order valence-corrected chi connectivity index (χ3v) is 6.60. The zero-order chi connectivity index (χ0) is 24.2. The highest BCUT2D eigenvalue weighted by atomic mass is 35.5. The van der Waals surface area contributed by atoms with Gasteiger partial charge in [0.05, 0.1) is 28.4 Å². The summed E-state index contributed by atoms with van der Waals surface area (Å²) in [6.45, 7) is 1.99. The largest absolute Gasteiger partial charge is 0.420 e. The SMILES string of the molecule is Cc1nn(-c2ccc(Cl)cc2)c2c1[C@@H](c1ccccc1)c1c(ncn3nc(-c4cccnc4)nc13)O2. The molecule has 36 heavy (non-hydrogen) atoms. The minimum absolute atomic E-state index is 0.201. The van der Waals surface area contributed by atoms with Gasteiger partial charge in [0.1, 0.15) is 6.33 Å². The van der Waals surface area contributed by atoms with Crippen LogP contribution in [0, 0.1) is 6.92 Å². The molecule has 0 saturated heterocycles. The van der Waals surface area contributed by atoms with E-state index in [0.29, 0.717) is 28.3 Å². The van der Waals surface area contributed by atoms with Crippen LogP contribution in [-0.2, 0) is 0 Å². The lowest BCUT2D eigenvalue weighted by Gasteiger charge is -2.26. The molecule has 7 rings (SSSR count). The number of rotatable bonds is 3. The quantitative estimate of drug-likeness (QED) is 0.319. The van der Waals surface area contributed by atoms with Gasteiger partial charge in [0.15, 0.2) is 11.5 Å². The van der Waals surface area contributed by atoms with Gasteiger partial charge in [-0.1, -0.05) is 41.9 Å². The third kappa shape index (κ3) is 3.19. The molecule has 6 aromatic rings. The van der Waals surface area contributed by atoms with Crippen LogP contribution in [0.1, 0.15) is 28.3 Å². The molecule has 1 atom stereocenters. The normalized spacial score (nSPS) is 14.3. The monoisotopic (exact) mass is 491 g/mol. The van der Waals surface area contributed by atoms with Crippen LogP contribution in [0.3, 0.4) is 0 Å². The van der Waals surface area contributed by atoms with Gasteiger partial charge in [-0.15, -0.1) is 5.10 Å². The van der Waals surface area contributed by atoms with Crippen LogP contribution in [0.5, 0.6) is 11.8 Å². The van der Waals surface area contributed by atoms with Gasteiger partial charge in [-0.2, -0.15) is 5.10 Å². The van der Waals surface area contributed by atoms with Gasteiger partial charge in [0, 0.05) is 23.0 Å². The van der Waals surface area contributed by atoms with Crippen LogP contribution < -0.4 is 4.74 Å². The Kier molecular flexibility index (Phi) is 4.62. The number of pyridine rings is 1. The molecule has 1 aliphatic heterocycles. The molecule has 0 N–H and O–H groups in total. The number of aromatic nitrogens is 7. The third-order valence-electron chi connectivity index (χ3n) is 6.34. The molecule has 0 saturated carbocycles. The van der Waals surface area contributed by atoms with Crippen molar-refractivity contribution in [3.63, 3.8) is 0 Å². The average Bonchev–Trinajstić information content (AvgIpc) is 3.50. The van der Waals surface area contributed by atoms with E-state index in [2.05, 4.69) is 27.2 Å². The Morgan fingerprint density at radius 3 is 2.53 bits per heavy atom. The molecule has 0 amide bonds. The van der Waals surface area contributed by atoms with E-state index in [9.17, 15) is 0 Å². The first kappa shape index (κ1) is 20.8. The fourth-order valence-electron chi connectivity index (χ4n) is 4.73. The first-order valence-electron chi connectivity index (χ1n) is 11.4. The molecule has 5 heterocycles. The molecule has 0 bridgehead atoms. The highest BCUT2D eigenvalue weighted by Crippen LogP contribution is 2.49. The van der Waals surface area contributed by atoms with Gasteiger partial charge in [0.2, 0.25) is 11.8 Å². The van der Waals surface area contributed by atoms with E-state index < -0.39 is 0 Å². The zero-order valence-electron chi connectivity index (χ0n) is 19.1. The summed E-state index contributed by atoms with van der Waals surface area (Å²) in [5.74, 6) is 1.47. The Morgan fingerprint density at radius 1 is 0.917 bits per heavy atom. The molecule has 0 radical (unpaired) electrons. The van der Waals surface area contributed by atoms with Gasteiger partial charge in [-0.25, -0.2) is 19.2 Å². The van der Waals surface area contributed by atoms with Crippen molar-refractivity contribution < 1.29 is 4.74 Å². The zero-order valence-corrected chi connectivity index (χ0v) is 19.8. The topological polar surface area (TPSA) is 83.0 Å². The van der Waals surface area contributed by atoms with E-state index in [1.54, 1.807) is 27.9 Å².